The predicted octanol–water partition coefficient (Wildman–Crippen LogP) is 2.00. The second kappa shape index (κ2) is 7.17. The molecule has 0 aliphatic carbocycles. The molecule has 1 atom stereocenters. The van der Waals surface area contributed by atoms with Gasteiger partial charge in [0, 0.05) is 38.4 Å². The zero-order valence-electron chi connectivity index (χ0n) is 14.5. The average Bonchev–Trinajstić information content (AvgIpc) is 2.69. The van der Waals surface area contributed by atoms with Crippen LogP contribution in [-0.2, 0) is 4.79 Å². The van der Waals surface area contributed by atoms with Crippen LogP contribution in [0.2, 0.25) is 0 Å². The topological polar surface area (TPSA) is 64.7 Å². The molecule has 0 spiro atoms. The van der Waals surface area contributed by atoms with Crippen LogP contribution in [0.15, 0.2) is 54.6 Å². The van der Waals surface area contributed by atoms with E-state index in [-0.39, 0.29) is 18.0 Å². The number of fused-ring (bicyclic) bond motifs is 1. The van der Waals surface area contributed by atoms with Crippen molar-refractivity contribution in [2.45, 2.75) is 6.04 Å². The molecule has 2 heterocycles. The number of nitrogens with zero attached hydrogens (tertiary/aromatic N) is 2. The normalized spacial score (nSPS) is 20.2. The molecule has 3 amide bonds. The average molecular weight is 350 g/mol. The van der Waals surface area contributed by atoms with Gasteiger partial charge in [0.25, 0.3) is 0 Å². The van der Waals surface area contributed by atoms with Crippen molar-refractivity contribution in [3.8, 4) is 11.1 Å². The van der Waals surface area contributed by atoms with E-state index in [1.807, 2.05) is 42.5 Å². The second-order valence-corrected chi connectivity index (χ2v) is 6.66. The first-order valence-corrected chi connectivity index (χ1v) is 8.94. The van der Waals surface area contributed by atoms with Gasteiger partial charge in [0.15, 0.2) is 0 Å². The Hall–Kier alpha value is -2.86. The number of hydrogen-bond donors (Lipinski definition) is 2. The molecular formula is C20H22N4O2. The summed E-state index contributed by atoms with van der Waals surface area (Å²) >= 11 is 0. The molecule has 2 saturated heterocycles. The molecule has 4 rings (SSSR count). The third kappa shape index (κ3) is 3.41. The number of anilines is 1. The maximum Gasteiger partial charge on any atom is 0.321 e. The van der Waals surface area contributed by atoms with Crippen LogP contribution in [0.25, 0.3) is 11.1 Å². The van der Waals surface area contributed by atoms with Crippen LogP contribution in [0.4, 0.5) is 10.5 Å². The van der Waals surface area contributed by atoms with Gasteiger partial charge in [-0.05, 0) is 23.3 Å². The van der Waals surface area contributed by atoms with Crippen LogP contribution in [0.1, 0.15) is 0 Å². The Morgan fingerprint density at radius 2 is 1.69 bits per heavy atom. The van der Waals surface area contributed by atoms with E-state index in [4.69, 9.17) is 0 Å². The van der Waals surface area contributed by atoms with Crippen molar-refractivity contribution in [3.05, 3.63) is 54.6 Å². The molecule has 0 bridgehead atoms. The van der Waals surface area contributed by atoms with Crippen molar-refractivity contribution in [2.75, 3.05) is 38.0 Å². The van der Waals surface area contributed by atoms with Gasteiger partial charge in [-0.3, -0.25) is 9.69 Å². The van der Waals surface area contributed by atoms with Crippen LogP contribution >= 0.6 is 0 Å². The van der Waals surface area contributed by atoms with Crippen molar-refractivity contribution in [2.24, 2.45) is 0 Å². The maximum atomic E-state index is 12.6. The lowest BCUT2D eigenvalue weighted by atomic mass is 10.1. The number of nitrogens with one attached hydrogen (secondary N) is 2. The molecule has 2 N–H and O–H groups in total. The lowest BCUT2D eigenvalue weighted by Gasteiger charge is -2.42. The van der Waals surface area contributed by atoms with Crippen LogP contribution in [0, 0.1) is 0 Å². The number of rotatable bonds is 2. The number of carbonyl (C=O) groups is 2. The van der Waals surface area contributed by atoms with Gasteiger partial charge in [0.05, 0.1) is 0 Å². The number of carbonyl (C=O) groups excluding carboxylic acids is 2. The van der Waals surface area contributed by atoms with E-state index in [0.717, 1.165) is 29.9 Å². The van der Waals surface area contributed by atoms with Crippen molar-refractivity contribution in [1.29, 1.82) is 0 Å². The van der Waals surface area contributed by atoms with E-state index in [2.05, 4.69) is 27.7 Å². The molecular weight excluding hydrogens is 328 g/mol. The van der Waals surface area contributed by atoms with Crippen molar-refractivity contribution < 1.29 is 9.59 Å². The van der Waals surface area contributed by atoms with Crippen molar-refractivity contribution >= 4 is 17.6 Å². The van der Waals surface area contributed by atoms with Crippen LogP contribution < -0.4 is 10.6 Å². The quantitative estimate of drug-likeness (QED) is 0.871. The first-order chi connectivity index (χ1) is 12.7. The van der Waals surface area contributed by atoms with Gasteiger partial charge in [-0.25, -0.2) is 4.79 Å². The van der Waals surface area contributed by atoms with Crippen LogP contribution in [-0.4, -0.2) is 60.5 Å². The summed E-state index contributed by atoms with van der Waals surface area (Å²) in [6.07, 6.45) is 0. The zero-order valence-corrected chi connectivity index (χ0v) is 14.5. The van der Waals surface area contributed by atoms with Gasteiger partial charge in [0.2, 0.25) is 5.91 Å². The molecule has 2 aromatic carbocycles. The number of urea groups is 1. The first-order valence-electron chi connectivity index (χ1n) is 8.94. The van der Waals surface area contributed by atoms with E-state index in [1.54, 1.807) is 4.90 Å². The lowest BCUT2D eigenvalue weighted by Crippen LogP contribution is -2.64. The van der Waals surface area contributed by atoms with Crippen LogP contribution in [0.5, 0.6) is 0 Å². The summed E-state index contributed by atoms with van der Waals surface area (Å²) in [4.78, 5) is 28.5. The Kier molecular flexibility index (Phi) is 4.58. The molecule has 134 valence electrons. The molecule has 0 aromatic heterocycles. The van der Waals surface area contributed by atoms with Crippen LogP contribution in [0.3, 0.4) is 0 Å². The molecule has 26 heavy (non-hydrogen) atoms. The van der Waals surface area contributed by atoms with Gasteiger partial charge in [-0.2, -0.15) is 0 Å². The Morgan fingerprint density at radius 3 is 2.46 bits per heavy atom. The smallest absolute Gasteiger partial charge is 0.321 e. The Labute approximate surface area is 152 Å². The summed E-state index contributed by atoms with van der Waals surface area (Å²) in [6.45, 7) is 3.35. The van der Waals surface area contributed by atoms with E-state index in [0.29, 0.717) is 19.6 Å². The van der Waals surface area contributed by atoms with Crippen molar-refractivity contribution in [3.63, 3.8) is 0 Å². The number of benzene rings is 2. The molecule has 2 aliphatic heterocycles. The monoisotopic (exact) mass is 350 g/mol. The molecule has 0 radical (unpaired) electrons. The number of hydrogen-bond acceptors (Lipinski definition) is 3. The summed E-state index contributed by atoms with van der Waals surface area (Å²) in [5.41, 5.74) is 3.01. The largest absolute Gasteiger partial charge is 0.353 e. The second-order valence-electron chi connectivity index (χ2n) is 6.66. The highest BCUT2D eigenvalue weighted by molar-refractivity contribution is 5.91. The van der Waals surface area contributed by atoms with E-state index in [1.165, 1.54) is 0 Å². The minimum Gasteiger partial charge on any atom is -0.353 e. The van der Waals surface area contributed by atoms with E-state index < -0.39 is 0 Å². The summed E-state index contributed by atoms with van der Waals surface area (Å²) in [6, 6.07) is 17.5. The Morgan fingerprint density at radius 1 is 0.962 bits per heavy atom. The van der Waals surface area contributed by atoms with Gasteiger partial charge in [-0.1, -0.05) is 42.5 Å². The van der Waals surface area contributed by atoms with Gasteiger partial charge in [0.1, 0.15) is 6.04 Å². The van der Waals surface area contributed by atoms with E-state index in [9.17, 15) is 9.59 Å². The lowest BCUT2D eigenvalue weighted by molar-refractivity contribution is -0.131. The zero-order chi connectivity index (χ0) is 17.9. The molecule has 2 fully saturated rings. The standard InChI is InChI=1S/C20H22N4O2/c25-19-18-14-24(13-12-23(18)11-10-21-19)20(26)22-17-8-6-16(7-9-17)15-4-2-1-3-5-15/h1-9,18H,10-14H2,(H,21,25)(H,22,26)/t18-/m1/s1. The highest BCUT2D eigenvalue weighted by Gasteiger charge is 2.36. The molecule has 2 aromatic rings. The fraction of sp³-hybridized carbons (Fsp3) is 0.300. The molecule has 6 heteroatoms. The van der Waals surface area contributed by atoms with Crippen molar-refractivity contribution in [1.82, 2.24) is 15.1 Å². The van der Waals surface area contributed by atoms with Gasteiger partial charge >= 0.3 is 6.03 Å². The summed E-state index contributed by atoms with van der Waals surface area (Å²) < 4.78 is 0. The fourth-order valence-corrected chi connectivity index (χ4v) is 3.54. The fourth-order valence-electron chi connectivity index (χ4n) is 3.54. The third-order valence-electron chi connectivity index (χ3n) is 5.02. The van der Waals surface area contributed by atoms with Gasteiger partial charge in [-0.15, -0.1) is 0 Å². The molecule has 6 nitrogen and oxygen atoms in total. The maximum absolute atomic E-state index is 12.6. The predicted molar refractivity (Wildman–Crippen MR) is 101 cm³/mol. The third-order valence-corrected chi connectivity index (χ3v) is 5.02. The minimum atomic E-state index is -0.233. The number of amides is 3. The number of piperazine rings is 2. The molecule has 2 aliphatic rings. The van der Waals surface area contributed by atoms with E-state index >= 15 is 0 Å². The minimum absolute atomic E-state index is 0.0148. The summed E-state index contributed by atoms with van der Waals surface area (Å²) in [5, 5.41) is 5.81. The SMILES string of the molecule is O=C1NCCN2CCN(C(=O)Nc3ccc(-c4ccccc4)cc3)C[C@H]12. The highest BCUT2D eigenvalue weighted by atomic mass is 16.2. The highest BCUT2D eigenvalue weighted by Crippen LogP contribution is 2.21. The first kappa shape index (κ1) is 16.6. The molecule has 0 unspecified atom stereocenters. The Bertz CT molecular complexity index is 791. The van der Waals surface area contributed by atoms with Gasteiger partial charge < -0.3 is 15.5 Å². The summed E-state index contributed by atoms with van der Waals surface area (Å²) in [5.74, 6) is 0.0148. The summed E-state index contributed by atoms with van der Waals surface area (Å²) in [7, 11) is 0. The molecule has 0 saturated carbocycles. The Balaban J connectivity index is 1.39.